The first-order chi connectivity index (χ1) is 3.55. The van der Waals surface area contributed by atoms with Crippen LogP contribution in [0.1, 0.15) is 6.92 Å². The summed E-state index contributed by atoms with van der Waals surface area (Å²) in [7, 11) is -2.55. The monoisotopic (exact) mass is 167 g/mol. The van der Waals surface area contributed by atoms with Crippen LogP contribution < -0.4 is 0 Å². The van der Waals surface area contributed by atoms with Crippen molar-refractivity contribution in [1.82, 2.24) is 0 Å². The van der Waals surface area contributed by atoms with Gasteiger partial charge in [-0.3, -0.25) is 0 Å². The molecule has 0 heterocycles. The molecule has 2 atom stereocenters. The Morgan fingerprint density at radius 2 is 2.00 bits per heavy atom. The Morgan fingerprint density at radius 3 is 2.00 bits per heavy atom. The molecule has 2 N–H and O–H groups in total. The summed E-state index contributed by atoms with van der Waals surface area (Å²) in [6.45, 7) is 1.18. The number of carbonyl (C=O) groups is 1. The Hall–Kier alpha value is 0.0625. The summed E-state index contributed by atoms with van der Waals surface area (Å²) >= 11 is 0. The number of hydrogen-bond acceptors (Lipinski definition) is 2. The molecule has 0 spiro atoms. The first kappa shape index (κ1) is 11.8. The maximum Gasteiger partial charge on any atom is 0.520 e. The molecule has 2 unspecified atom stereocenters. The van der Waals surface area contributed by atoms with E-state index < -0.39 is 19.7 Å². The fourth-order valence-electron chi connectivity index (χ4n) is 0.0945. The topological polar surface area (TPSA) is 74.6 Å². The van der Waals surface area contributed by atoms with Crippen LogP contribution in [0.4, 0.5) is 0 Å². The van der Waals surface area contributed by atoms with Crippen LogP contribution in [-0.2, 0) is 9.36 Å². The van der Waals surface area contributed by atoms with E-state index in [1.165, 1.54) is 6.92 Å². The van der Waals surface area contributed by atoms with E-state index in [9.17, 15) is 9.36 Å². The molecule has 0 aliphatic heterocycles. The van der Waals surface area contributed by atoms with Crippen LogP contribution in [0.2, 0.25) is 0 Å². The number of carboxylic acid groups (broad SMARTS) is 1. The highest BCUT2D eigenvalue weighted by Gasteiger charge is 2.30. The molecule has 52 valence electrons. The lowest BCUT2D eigenvalue weighted by Crippen LogP contribution is -2.10. The van der Waals surface area contributed by atoms with Crippen molar-refractivity contribution in [2.24, 2.45) is 0 Å². The molecular formula is C3H9AlO4P+. The van der Waals surface area contributed by atoms with Gasteiger partial charge in [-0.2, -0.15) is 4.89 Å². The number of aliphatic carboxylic acids is 1. The molecule has 6 heteroatoms. The molecule has 0 aromatic carbocycles. The largest absolute Gasteiger partial charge is 0.520 e. The maximum absolute atomic E-state index is 9.91. The first-order valence-corrected chi connectivity index (χ1v) is 3.22. The van der Waals surface area contributed by atoms with Gasteiger partial charge in [-0.25, -0.2) is 4.79 Å². The summed E-state index contributed by atoms with van der Waals surface area (Å²) in [5, 5.41) is 8.01. The summed E-state index contributed by atoms with van der Waals surface area (Å²) in [6, 6.07) is 0. The zero-order valence-electron chi connectivity index (χ0n) is 4.24. The van der Waals surface area contributed by atoms with Gasteiger partial charge in [-0.05, 0) is 11.5 Å². The van der Waals surface area contributed by atoms with E-state index in [1.54, 1.807) is 0 Å². The van der Waals surface area contributed by atoms with E-state index in [0.29, 0.717) is 0 Å². The van der Waals surface area contributed by atoms with Crippen molar-refractivity contribution < 1.29 is 19.4 Å². The molecule has 0 bridgehead atoms. The molecule has 4 nitrogen and oxygen atoms in total. The maximum atomic E-state index is 9.91. The Labute approximate surface area is 63.9 Å². The average molecular weight is 167 g/mol. The average Bonchev–Trinajstić information content (AvgIpc) is 1.64. The van der Waals surface area contributed by atoms with Gasteiger partial charge in [0.05, 0.1) is 0 Å². The van der Waals surface area contributed by atoms with Gasteiger partial charge in [0, 0.05) is 0 Å². The fourth-order valence-corrected chi connectivity index (χ4v) is 0.283. The van der Waals surface area contributed by atoms with E-state index in [-0.39, 0.29) is 17.4 Å². The molecule has 0 fully saturated rings. The summed E-state index contributed by atoms with van der Waals surface area (Å²) in [5.74, 6) is -1.24. The fraction of sp³-hybridized carbons (Fsp3) is 0.667. The second-order valence-electron chi connectivity index (χ2n) is 1.32. The van der Waals surface area contributed by atoms with Crippen LogP contribution in [0.5, 0.6) is 0 Å². The summed E-state index contributed by atoms with van der Waals surface area (Å²) < 4.78 is 9.91. The normalized spacial score (nSPS) is 13.3. The SMILES string of the molecule is CC(C(=O)O)[P+](=O)O.[AlH3]. The van der Waals surface area contributed by atoms with Crippen LogP contribution in [0.25, 0.3) is 0 Å². The van der Waals surface area contributed by atoms with Crippen LogP contribution in [-0.4, -0.2) is 39.0 Å². The molecule has 0 saturated carbocycles. The lowest BCUT2D eigenvalue weighted by Gasteiger charge is -1.83. The minimum Gasteiger partial charge on any atom is -0.478 e. The standard InChI is InChI=1S/C3H5O4P.Al.3H/c1-2(3(4)5)8(6)7;;;;/h2H,1H3,(H-,4,5,6,7);;;;/p+1. The van der Waals surface area contributed by atoms with Gasteiger partial charge in [-0.1, -0.05) is 0 Å². The van der Waals surface area contributed by atoms with E-state index in [1.807, 2.05) is 0 Å². The third-order valence-electron chi connectivity index (χ3n) is 0.689. The highest BCUT2D eigenvalue weighted by atomic mass is 31.1. The molecule has 9 heavy (non-hydrogen) atoms. The van der Waals surface area contributed by atoms with Gasteiger partial charge in [0.2, 0.25) is 0 Å². The van der Waals surface area contributed by atoms with E-state index in [4.69, 9.17) is 10.00 Å². The molecule has 0 aromatic rings. The zero-order chi connectivity index (χ0) is 6.73. The molecule has 0 amide bonds. The van der Waals surface area contributed by atoms with Crippen molar-refractivity contribution >= 4 is 31.4 Å². The first-order valence-electron chi connectivity index (χ1n) is 1.93. The van der Waals surface area contributed by atoms with E-state index in [2.05, 4.69) is 0 Å². The Kier molecular flexibility index (Phi) is 6.43. The van der Waals surface area contributed by atoms with Crippen molar-refractivity contribution in [3.05, 3.63) is 0 Å². The number of rotatable bonds is 2. The minimum atomic E-state index is -2.55. The molecule has 0 saturated heterocycles. The predicted molar refractivity (Wildman–Crippen MR) is 36.9 cm³/mol. The van der Waals surface area contributed by atoms with Crippen molar-refractivity contribution in [2.45, 2.75) is 12.6 Å². The minimum absolute atomic E-state index is 0. The third-order valence-corrected chi connectivity index (χ3v) is 1.57. The van der Waals surface area contributed by atoms with Gasteiger partial charge in [0.1, 0.15) is 0 Å². The van der Waals surface area contributed by atoms with Crippen molar-refractivity contribution in [2.75, 3.05) is 0 Å². The molecule has 0 aromatic heterocycles. The molecule has 0 aliphatic rings. The molecule has 0 rings (SSSR count). The summed E-state index contributed by atoms with van der Waals surface area (Å²) in [5.41, 5.74) is -1.15. The quantitative estimate of drug-likeness (QED) is 0.409. The summed E-state index contributed by atoms with van der Waals surface area (Å²) in [6.07, 6.45) is 0. The van der Waals surface area contributed by atoms with Crippen LogP contribution in [0, 0.1) is 0 Å². The molecular weight excluding hydrogens is 158 g/mol. The van der Waals surface area contributed by atoms with Gasteiger partial charge in [-0.15, -0.1) is 0 Å². The smallest absolute Gasteiger partial charge is 0.478 e. The van der Waals surface area contributed by atoms with Crippen LogP contribution >= 0.6 is 8.03 Å². The highest BCUT2D eigenvalue weighted by molar-refractivity contribution is 7.40. The summed E-state index contributed by atoms with van der Waals surface area (Å²) in [4.78, 5) is 17.9. The van der Waals surface area contributed by atoms with Crippen molar-refractivity contribution in [1.29, 1.82) is 0 Å². The van der Waals surface area contributed by atoms with Gasteiger partial charge in [0.25, 0.3) is 5.66 Å². The second-order valence-corrected chi connectivity index (χ2v) is 2.70. The second kappa shape index (κ2) is 4.90. The van der Waals surface area contributed by atoms with Gasteiger partial charge in [0.15, 0.2) is 17.4 Å². The number of carboxylic acids is 1. The highest BCUT2D eigenvalue weighted by Crippen LogP contribution is 2.20. The van der Waals surface area contributed by atoms with Gasteiger partial charge < -0.3 is 5.11 Å². The Bertz CT molecular complexity index is 111. The Balaban J connectivity index is 0. The predicted octanol–water partition coefficient (Wildman–Crippen LogP) is -0.990. The Morgan fingerprint density at radius 1 is 1.67 bits per heavy atom. The van der Waals surface area contributed by atoms with Crippen molar-refractivity contribution in [3.63, 3.8) is 0 Å². The lowest BCUT2D eigenvalue weighted by molar-refractivity contribution is -0.136. The third kappa shape index (κ3) is 4.56. The molecule has 0 radical (unpaired) electrons. The lowest BCUT2D eigenvalue weighted by atomic mass is 10.5. The van der Waals surface area contributed by atoms with Crippen LogP contribution in [0.15, 0.2) is 0 Å². The molecule has 0 aliphatic carbocycles. The van der Waals surface area contributed by atoms with Gasteiger partial charge >= 0.3 is 14.0 Å². The van der Waals surface area contributed by atoms with Crippen LogP contribution in [0.3, 0.4) is 0 Å². The zero-order valence-corrected chi connectivity index (χ0v) is 5.13. The van der Waals surface area contributed by atoms with Crippen molar-refractivity contribution in [3.8, 4) is 0 Å². The van der Waals surface area contributed by atoms with E-state index >= 15 is 0 Å². The number of hydrogen-bond donors (Lipinski definition) is 2. The van der Waals surface area contributed by atoms with E-state index in [0.717, 1.165) is 0 Å².